The van der Waals surface area contributed by atoms with Crippen LogP contribution in [-0.4, -0.2) is 21.8 Å². The van der Waals surface area contributed by atoms with Gasteiger partial charge in [-0.1, -0.05) is 0 Å². The van der Waals surface area contributed by atoms with E-state index in [1.807, 2.05) is 23.3 Å². The summed E-state index contributed by atoms with van der Waals surface area (Å²) in [4.78, 5) is 4.28. The Morgan fingerprint density at radius 1 is 1.44 bits per heavy atom. The van der Waals surface area contributed by atoms with Crippen molar-refractivity contribution in [2.24, 2.45) is 0 Å². The summed E-state index contributed by atoms with van der Waals surface area (Å²) in [5.41, 5.74) is 3.62. The fraction of sp³-hybridized carbons (Fsp3) is 0.455. The average molecular weight is 236 g/mol. The first-order valence-electron chi connectivity index (χ1n) is 5.28. The van der Waals surface area contributed by atoms with Gasteiger partial charge in [-0.3, -0.25) is 4.68 Å². The molecule has 86 valence electrons. The van der Waals surface area contributed by atoms with Crippen LogP contribution in [0.1, 0.15) is 22.0 Å². The lowest BCUT2D eigenvalue weighted by Gasteiger charge is -2.03. The minimum atomic E-state index is 0.772. The summed E-state index contributed by atoms with van der Waals surface area (Å²) in [5.74, 6) is 0. The highest BCUT2D eigenvalue weighted by molar-refractivity contribution is 7.09. The Labute approximate surface area is 99.3 Å². The Bertz CT molecular complexity index is 459. The highest BCUT2D eigenvalue weighted by Gasteiger charge is 2.11. The summed E-state index contributed by atoms with van der Waals surface area (Å²) < 4.78 is 2.03. The van der Waals surface area contributed by atoms with Gasteiger partial charge in [-0.25, -0.2) is 4.98 Å². The number of aryl methyl sites for hydroxylation is 1. The van der Waals surface area contributed by atoms with Crippen LogP contribution in [-0.2, 0) is 13.1 Å². The maximum atomic E-state index is 4.55. The molecule has 4 nitrogen and oxygen atoms in total. The van der Waals surface area contributed by atoms with Gasteiger partial charge < -0.3 is 5.32 Å². The molecule has 0 aliphatic rings. The largest absolute Gasteiger partial charge is 0.316 e. The second-order valence-electron chi connectivity index (χ2n) is 3.76. The number of nitrogens with one attached hydrogen (secondary N) is 1. The Morgan fingerprint density at radius 2 is 2.25 bits per heavy atom. The number of rotatable bonds is 4. The fourth-order valence-corrected chi connectivity index (χ4v) is 2.38. The molecule has 0 amide bonds. The first kappa shape index (κ1) is 11.3. The molecule has 0 saturated heterocycles. The van der Waals surface area contributed by atoms with Crippen molar-refractivity contribution in [2.45, 2.75) is 26.9 Å². The van der Waals surface area contributed by atoms with Gasteiger partial charge in [-0.15, -0.1) is 11.3 Å². The molecule has 0 aromatic carbocycles. The Morgan fingerprint density at radius 3 is 2.88 bits per heavy atom. The van der Waals surface area contributed by atoms with Gasteiger partial charge in [0, 0.05) is 29.4 Å². The monoisotopic (exact) mass is 236 g/mol. The normalized spacial score (nSPS) is 10.9. The molecule has 0 aliphatic heterocycles. The smallest absolute Gasteiger partial charge is 0.114 e. The summed E-state index contributed by atoms with van der Waals surface area (Å²) in [6.45, 7) is 5.81. The van der Waals surface area contributed by atoms with Crippen molar-refractivity contribution in [1.29, 1.82) is 0 Å². The summed E-state index contributed by atoms with van der Waals surface area (Å²) in [7, 11) is 1.96. The first-order chi connectivity index (χ1) is 7.72. The molecule has 0 fully saturated rings. The average Bonchev–Trinajstić information content (AvgIpc) is 2.84. The number of aromatic nitrogens is 3. The Balaban J connectivity index is 2.25. The molecule has 0 spiro atoms. The molecule has 1 N–H and O–H groups in total. The third-order valence-corrected chi connectivity index (χ3v) is 3.42. The second-order valence-corrected chi connectivity index (χ2v) is 4.74. The molecule has 16 heavy (non-hydrogen) atoms. The Hall–Kier alpha value is -1.20. The SMILES string of the molecule is CNCc1c(C)nn(Cc2nccs2)c1C. The van der Waals surface area contributed by atoms with Crippen LogP contribution in [0.25, 0.3) is 0 Å². The molecule has 0 aliphatic carbocycles. The van der Waals surface area contributed by atoms with E-state index in [9.17, 15) is 0 Å². The molecule has 2 aromatic heterocycles. The summed E-state index contributed by atoms with van der Waals surface area (Å²) >= 11 is 1.67. The number of nitrogens with zero attached hydrogens (tertiary/aromatic N) is 3. The highest BCUT2D eigenvalue weighted by atomic mass is 32.1. The van der Waals surface area contributed by atoms with Crippen molar-refractivity contribution >= 4 is 11.3 Å². The first-order valence-corrected chi connectivity index (χ1v) is 6.16. The van der Waals surface area contributed by atoms with Gasteiger partial charge in [-0.05, 0) is 20.9 Å². The van der Waals surface area contributed by atoms with Gasteiger partial charge in [-0.2, -0.15) is 5.10 Å². The van der Waals surface area contributed by atoms with E-state index in [4.69, 9.17) is 0 Å². The van der Waals surface area contributed by atoms with Crippen molar-refractivity contribution in [3.05, 3.63) is 33.5 Å². The zero-order valence-corrected chi connectivity index (χ0v) is 10.6. The predicted molar refractivity (Wildman–Crippen MR) is 65.7 cm³/mol. The third-order valence-electron chi connectivity index (χ3n) is 2.65. The quantitative estimate of drug-likeness (QED) is 0.879. The molecular weight excluding hydrogens is 220 g/mol. The van der Waals surface area contributed by atoms with Crippen LogP contribution >= 0.6 is 11.3 Å². The maximum absolute atomic E-state index is 4.55. The van der Waals surface area contributed by atoms with Gasteiger partial charge in [0.05, 0.1) is 12.2 Å². The molecular formula is C11H16N4S. The fourth-order valence-electron chi connectivity index (χ4n) is 1.78. The van der Waals surface area contributed by atoms with Crippen LogP contribution in [0.3, 0.4) is 0 Å². The van der Waals surface area contributed by atoms with E-state index in [2.05, 4.69) is 29.2 Å². The lowest BCUT2D eigenvalue weighted by atomic mass is 10.2. The van der Waals surface area contributed by atoms with Gasteiger partial charge in [0.1, 0.15) is 5.01 Å². The van der Waals surface area contributed by atoms with Crippen molar-refractivity contribution in [3.63, 3.8) is 0 Å². The molecule has 2 heterocycles. The van der Waals surface area contributed by atoms with E-state index in [0.717, 1.165) is 23.8 Å². The summed E-state index contributed by atoms with van der Waals surface area (Å²) in [6.07, 6.45) is 1.83. The van der Waals surface area contributed by atoms with Crippen LogP contribution in [0.4, 0.5) is 0 Å². The van der Waals surface area contributed by atoms with Crippen LogP contribution in [0, 0.1) is 13.8 Å². The molecule has 2 rings (SSSR count). The van der Waals surface area contributed by atoms with Crippen molar-refractivity contribution in [3.8, 4) is 0 Å². The molecule has 5 heteroatoms. The molecule has 0 radical (unpaired) electrons. The molecule has 0 atom stereocenters. The maximum Gasteiger partial charge on any atom is 0.114 e. The highest BCUT2D eigenvalue weighted by Crippen LogP contribution is 2.15. The molecule has 2 aromatic rings. The van der Waals surface area contributed by atoms with E-state index in [-0.39, 0.29) is 0 Å². The molecule has 0 saturated carbocycles. The van der Waals surface area contributed by atoms with E-state index < -0.39 is 0 Å². The van der Waals surface area contributed by atoms with Gasteiger partial charge in [0.2, 0.25) is 0 Å². The predicted octanol–water partition coefficient (Wildman–Crippen LogP) is 1.72. The Kier molecular flexibility index (Phi) is 3.36. The lowest BCUT2D eigenvalue weighted by molar-refractivity contribution is 0.654. The van der Waals surface area contributed by atoms with E-state index in [1.54, 1.807) is 11.3 Å². The van der Waals surface area contributed by atoms with Gasteiger partial charge >= 0.3 is 0 Å². The number of hydrogen-bond donors (Lipinski definition) is 1. The van der Waals surface area contributed by atoms with Gasteiger partial charge in [0.25, 0.3) is 0 Å². The minimum absolute atomic E-state index is 0.772. The van der Waals surface area contributed by atoms with E-state index in [1.165, 1.54) is 11.3 Å². The zero-order valence-electron chi connectivity index (χ0n) is 9.82. The van der Waals surface area contributed by atoms with E-state index in [0.29, 0.717) is 0 Å². The molecule has 0 unspecified atom stereocenters. The van der Waals surface area contributed by atoms with Crippen molar-refractivity contribution in [2.75, 3.05) is 7.05 Å². The van der Waals surface area contributed by atoms with Crippen molar-refractivity contribution < 1.29 is 0 Å². The third kappa shape index (κ3) is 2.15. The summed E-state index contributed by atoms with van der Waals surface area (Å²) in [6, 6.07) is 0. The lowest BCUT2D eigenvalue weighted by Crippen LogP contribution is -2.08. The standard InChI is InChI=1S/C11H16N4S/c1-8-10(6-12-3)9(2)15(14-8)7-11-13-4-5-16-11/h4-5,12H,6-7H2,1-3H3. The van der Waals surface area contributed by atoms with Crippen LogP contribution in [0.2, 0.25) is 0 Å². The zero-order chi connectivity index (χ0) is 11.5. The minimum Gasteiger partial charge on any atom is -0.316 e. The number of hydrogen-bond acceptors (Lipinski definition) is 4. The van der Waals surface area contributed by atoms with Gasteiger partial charge in [0.15, 0.2) is 0 Å². The van der Waals surface area contributed by atoms with Crippen LogP contribution in [0.5, 0.6) is 0 Å². The van der Waals surface area contributed by atoms with E-state index >= 15 is 0 Å². The van der Waals surface area contributed by atoms with Crippen LogP contribution in [0.15, 0.2) is 11.6 Å². The van der Waals surface area contributed by atoms with Crippen LogP contribution < -0.4 is 5.32 Å². The topological polar surface area (TPSA) is 42.7 Å². The second kappa shape index (κ2) is 4.76. The molecule has 0 bridgehead atoms. The van der Waals surface area contributed by atoms with Crippen molar-refractivity contribution in [1.82, 2.24) is 20.1 Å². The number of thiazole rings is 1. The summed E-state index contributed by atoms with van der Waals surface area (Å²) in [5, 5.41) is 10.8.